The number of rotatable bonds is 10. The summed E-state index contributed by atoms with van der Waals surface area (Å²) in [6.45, 7) is 2.58. The highest BCUT2D eigenvalue weighted by molar-refractivity contribution is 6.31. The molecular weight excluding hydrogens is 446 g/mol. The number of carbonyl (C=O) groups is 2. The van der Waals surface area contributed by atoms with Gasteiger partial charge in [-0.25, -0.2) is 9.97 Å². The second-order valence-corrected chi connectivity index (χ2v) is 8.32. The van der Waals surface area contributed by atoms with E-state index in [2.05, 4.69) is 25.5 Å². The van der Waals surface area contributed by atoms with Crippen molar-refractivity contribution in [3.8, 4) is 5.75 Å². The summed E-state index contributed by atoms with van der Waals surface area (Å²) >= 11 is 5.96. The van der Waals surface area contributed by atoms with Crippen LogP contribution in [0.4, 0.5) is 11.6 Å². The zero-order valence-corrected chi connectivity index (χ0v) is 19.4. The number of nitrogen functional groups attached to an aromatic ring is 1. The molecule has 2 amide bonds. The molecule has 1 atom stereocenters. The van der Waals surface area contributed by atoms with Gasteiger partial charge < -0.3 is 31.7 Å². The van der Waals surface area contributed by atoms with Crippen LogP contribution in [0.2, 0.25) is 5.15 Å². The Morgan fingerprint density at radius 3 is 2.73 bits per heavy atom. The van der Waals surface area contributed by atoms with Crippen LogP contribution in [0.5, 0.6) is 5.75 Å². The van der Waals surface area contributed by atoms with E-state index < -0.39 is 5.91 Å². The molecule has 0 aliphatic carbocycles. The predicted molar refractivity (Wildman–Crippen MR) is 127 cm³/mol. The minimum Gasteiger partial charge on any atom is -0.484 e. The molecule has 1 unspecified atom stereocenters. The van der Waals surface area contributed by atoms with Gasteiger partial charge in [-0.05, 0) is 56.5 Å². The third kappa shape index (κ3) is 7.19. The summed E-state index contributed by atoms with van der Waals surface area (Å²) in [4.78, 5) is 34.1. The molecule has 0 saturated carbocycles. The van der Waals surface area contributed by atoms with E-state index in [1.807, 2.05) is 24.3 Å². The van der Waals surface area contributed by atoms with Gasteiger partial charge in [0, 0.05) is 19.6 Å². The fraction of sp³-hybridized carbons (Fsp3) is 0.455. The molecule has 11 heteroatoms. The van der Waals surface area contributed by atoms with Crippen LogP contribution in [-0.2, 0) is 11.2 Å². The third-order valence-electron chi connectivity index (χ3n) is 5.41. The standard InChI is InChI=1S/C22H30ClN7O3/c1-26-21-18(28-19(23)20(25)29-21)22(32)27-15-5-3-11-30(12-15)10-2-4-14-6-8-16(9-7-14)33-13-17(24)31/h6-9,15H,2-5,10-13H2,1H3,(H2,24,31)(H,27,32)(H3,25,26,29). The lowest BCUT2D eigenvalue weighted by Crippen LogP contribution is -2.48. The van der Waals surface area contributed by atoms with Crippen LogP contribution in [-0.4, -0.2) is 66.0 Å². The van der Waals surface area contributed by atoms with Crippen molar-refractivity contribution in [3.63, 3.8) is 0 Å². The van der Waals surface area contributed by atoms with Crippen LogP contribution in [0.3, 0.4) is 0 Å². The number of benzene rings is 1. The summed E-state index contributed by atoms with van der Waals surface area (Å²) in [5.74, 6) is 0.185. The van der Waals surface area contributed by atoms with Gasteiger partial charge in [0.1, 0.15) is 5.75 Å². The monoisotopic (exact) mass is 475 g/mol. The first kappa shape index (κ1) is 24.5. The van der Waals surface area contributed by atoms with Gasteiger partial charge in [-0.1, -0.05) is 23.7 Å². The first-order valence-electron chi connectivity index (χ1n) is 10.9. The third-order valence-corrected chi connectivity index (χ3v) is 5.69. The van der Waals surface area contributed by atoms with Gasteiger partial charge in [0.05, 0.1) is 0 Å². The van der Waals surface area contributed by atoms with Gasteiger partial charge in [0.15, 0.2) is 29.1 Å². The van der Waals surface area contributed by atoms with Crippen molar-refractivity contribution in [2.75, 3.05) is 44.3 Å². The van der Waals surface area contributed by atoms with Crippen molar-refractivity contribution in [3.05, 3.63) is 40.7 Å². The highest BCUT2D eigenvalue weighted by Crippen LogP contribution is 2.20. The molecule has 1 fully saturated rings. The van der Waals surface area contributed by atoms with Crippen LogP contribution in [0.15, 0.2) is 24.3 Å². The second kappa shape index (κ2) is 11.7. The number of likely N-dealkylation sites (tertiary alicyclic amines) is 1. The second-order valence-electron chi connectivity index (χ2n) is 7.96. The van der Waals surface area contributed by atoms with Crippen molar-refractivity contribution in [1.82, 2.24) is 20.2 Å². The first-order chi connectivity index (χ1) is 15.9. The van der Waals surface area contributed by atoms with Crippen molar-refractivity contribution < 1.29 is 14.3 Å². The molecule has 1 aliphatic rings. The lowest BCUT2D eigenvalue weighted by atomic mass is 10.0. The fourth-order valence-corrected chi connectivity index (χ4v) is 3.93. The molecule has 3 rings (SSSR count). The minimum absolute atomic E-state index is 0.0110. The van der Waals surface area contributed by atoms with E-state index in [0.717, 1.165) is 45.3 Å². The van der Waals surface area contributed by atoms with Crippen LogP contribution in [0.25, 0.3) is 0 Å². The number of hydrogen-bond donors (Lipinski definition) is 4. The van der Waals surface area contributed by atoms with Crippen LogP contribution < -0.4 is 26.8 Å². The predicted octanol–water partition coefficient (Wildman–Crippen LogP) is 1.45. The molecule has 1 aromatic heterocycles. The summed E-state index contributed by atoms with van der Waals surface area (Å²) in [7, 11) is 1.65. The number of aromatic nitrogens is 2. The number of hydrogen-bond acceptors (Lipinski definition) is 8. The van der Waals surface area contributed by atoms with Crippen LogP contribution in [0, 0.1) is 0 Å². The zero-order chi connectivity index (χ0) is 23.8. The van der Waals surface area contributed by atoms with E-state index >= 15 is 0 Å². The molecule has 1 aromatic carbocycles. The minimum atomic E-state index is -0.497. The number of nitrogens with one attached hydrogen (secondary N) is 2. The highest BCUT2D eigenvalue weighted by atomic mass is 35.5. The SMILES string of the molecule is CNc1nc(N)c(Cl)nc1C(=O)NC1CCCN(CCCc2ccc(OCC(N)=O)cc2)C1. The number of anilines is 2. The van der Waals surface area contributed by atoms with Gasteiger partial charge in [0.25, 0.3) is 11.8 Å². The molecule has 6 N–H and O–H groups in total. The Morgan fingerprint density at radius 2 is 2.03 bits per heavy atom. The number of piperidine rings is 1. The molecule has 10 nitrogen and oxygen atoms in total. The van der Waals surface area contributed by atoms with E-state index in [1.165, 1.54) is 5.56 Å². The fourth-order valence-electron chi connectivity index (χ4n) is 3.80. The first-order valence-corrected chi connectivity index (χ1v) is 11.3. The highest BCUT2D eigenvalue weighted by Gasteiger charge is 2.24. The molecule has 0 bridgehead atoms. The summed E-state index contributed by atoms with van der Waals surface area (Å²) < 4.78 is 5.28. The largest absolute Gasteiger partial charge is 0.484 e. The van der Waals surface area contributed by atoms with Crippen molar-refractivity contribution >= 4 is 35.1 Å². The molecule has 1 aliphatic heterocycles. The molecule has 0 spiro atoms. The maximum atomic E-state index is 12.8. The van der Waals surface area contributed by atoms with E-state index in [1.54, 1.807) is 7.05 Å². The maximum absolute atomic E-state index is 12.8. The molecule has 178 valence electrons. The molecule has 2 aromatic rings. The lowest BCUT2D eigenvalue weighted by molar-refractivity contribution is -0.119. The summed E-state index contributed by atoms with van der Waals surface area (Å²) in [5, 5.41) is 5.90. The maximum Gasteiger partial charge on any atom is 0.274 e. The molecular formula is C22H30ClN7O3. The Hall–Kier alpha value is -3.11. The normalized spacial score (nSPS) is 16.2. The zero-order valence-electron chi connectivity index (χ0n) is 18.6. The number of halogens is 1. The Bertz CT molecular complexity index is 971. The Labute approximate surface area is 198 Å². The van der Waals surface area contributed by atoms with E-state index in [4.69, 9.17) is 27.8 Å². The Balaban J connectivity index is 1.46. The van der Waals surface area contributed by atoms with Crippen LogP contribution >= 0.6 is 11.6 Å². The van der Waals surface area contributed by atoms with Gasteiger partial charge in [-0.15, -0.1) is 0 Å². The van der Waals surface area contributed by atoms with Gasteiger partial charge in [-0.3, -0.25) is 9.59 Å². The van der Waals surface area contributed by atoms with Crippen molar-refractivity contribution in [2.45, 2.75) is 31.7 Å². The Morgan fingerprint density at radius 1 is 1.27 bits per heavy atom. The molecule has 2 heterocycles. The van der Waals surface area contributed by atoms with E-state index in [-0.39, 0.29) is 35.2 Å². The number of amides is 2. The quantitative estimate of drug-likeness (QED) is 0.403. The summed E-state index contributed by atoms with van der Waals surface area (Å²) in [5.41, 5.74) is 12.1. The average Bonchev–Trinajstić information content (AvgIpc) is 2.80. The smallest absolute Gasteiger partial charge is 0.274 e. The number of ether oxygens (including phenoxy) is 1. The molecule has 1 saturated heterocycles. The van der Waals surface area contributed by atoms with Crippen molar-refractivity contribution in [2.24, 2.45) is 5.73 Å². The number of primary amides is 1. The van der Waals surface area contributed by atoms with Crippen LogP contribution in [0.1, 0.15) is 35.3 Å². The number of carbonyl (C=O) groups excluding carboxylic acids is 2. The van der Waals surface area contributed by atoms with Gasteiger partial charge >= 0.3 is 0 Å². The lowest BCUT2D eigenvalue weighted by Gasteiger charge is -2.33. The summed E-state index contributed by atoms with van der Waals surface area (Å²) in [6, 6.07) is 7.70. The van der Waals surface area contributed by atoms with E-state index in [9.17, 15) is 9.59 Å². The Kier molecular flexibility index (Phi) is 8.67. The van der Waals surface area contributed by atoms with E-state index in [0.29, 0.717) is 11.6 Å². The number of nitrogens with zero attached hydrogens (tertiary/aromatic N) is 3. The molecule has 0 radical (unpaired) electrons. The summed E-state index contributed by atoms with van der Waals surface area (Å²) in [6.07, 6.45) is 3.82. The topological polar surface area (TPSA) is 148 Å². The number of aryl methyl sites for hydroxylation is 1. The average molecular weight is 476 g/mol. The number of nitrogens with two attached hydrogens (primary N) is 2. The van der Waals surface area contributed by atoms with Gasteiger partial charge in [-0.2, -0.15) is 0 Å². The van der Waals surface area contributed by atoms with Gasteiger partial charge in [0.2, 0.25) is 0 Å². The molecule has 33 heavy (non-hydrogen) atoms. The van der Waals surface area contributed by atoms with Crippen molar-refractivity contribution in [1.29, 1.82) is 0 Å².